The van der Waals surface area contributed by atoms with E-state index in [-0.39, 0.29) is 23.1 Å². The van der Waals surface area contributed by atoms with Crippen molar-refractivity contribution in [2.75, 3.05) is 0 Å². The third kappa shape index (κ3) is 7.08. The molecule has 3 atom stereocenters. The Bertz CT molecular complexity index is 727. The SMILES string of the molecule is CCCC(O)Oc1cc(OC(O)CCC)c(-c2ncncn2)c(OC(O)CCC)c1. The van der Waals surface area contributed by atoms with Crippen molar-refractivity contribution in [3.63, 3.8) is 0 Å². The van der Waals surface area contributed by atoms with Crippen LogP contribution < -0.4 is 14.2 Å². The van der Waals surface area contributed by atoms with Gasteiger partial charge in [0.1, 0.15) is 35.5 Å². The van der Waals surface area contributed by atoms with Crippen LogP contribution in [0.15, 0.2) is 24.8 Å². The normalized spacial score (nSPS) is 14.1. The van der Waals surface area contributed by atoms with Crippen LogP contribution in [0.4, 0.5) is 0 Å². The van der Waals surface area contributed by atoms with Gasteiger partial charge in [0.05, 0.1) is 0 Å². The summed E-state index contributed by atoms with van der Waals surface area (Å²) in [5.41, 5.74) is 0.347. The van der Waals surface area contributed by atoms with E-state index < -0.39 is 18.9 Å². The number of nitrogens with zero attached hydrogens (tertiary/aromatic N) is 3. The Kier molecular flexibility index (Phi) is 9.72. The van der Waals surface area contributed by atoms with Crippen molar-refractivity contribution in [2.24, 2.45) is 0 Å². The van der Waals surface area contributed by atoms with Crippen LogP contribution in [0, 0.1) is 0 Å². The smallest absolute Gasteiger partial charge is 0.197 e. The standard InChI is InChI=1S/C21H31N3O6/c1-4-7-17(25)28-14-10-15(29-18(26)8-5-2)20(21-23-12-22-13-24-21)16(11-14)30-19(27)9-6-3/h10-13,17-19,25-27H,4-9H2,1-3H3. The molecule has 0 spiro atoms. The first-order valence-corrected chi connectivity index (χ1v) is 10.3. The fraction of sp³-hybridized carbons (Fsp3) is 0.571. The van der Waals surface area contributed by atoms with Gasteiger partial charge in [-0.2, -0.15) is 0 Å². The summed E-state index contributed by atoms with van der Waals surface area (Å²) in [6, 6.07) is 3.08. The van der Waals surface area contributed by atoms with E-state index in [0.717, 1.165) is 6.42 Å². The highest BCUT2D eigenvalue weighted by molar-refractivity contribution is 5.73. The average molecular weight is 421 g/mol. The zero-order valence-electron chi connectivity index (χ0n) is 17.7. The van der Waals surface area contributed by atoms with E-state index in [4.69, 9.17) is 14.2 Å². The first-order chi connectivity index (χ1) is 14.5. The number of aliphatic hydroxyl groups is 3. The van der Waals surface area contributed by atoms with E-state index in [1.54, 1.807) is 0 Å². The number of hydrogen-bond acceptors (Lipinski definition) is 9. The molecule has 0 amide bonds. The minimum atomic E-state index is -1.07. The van der Waals surface area contributed by atoms with E-state index in [1.807, 2.05) is 20.8 Å². The molecule has 1 aromatic heterocycles. The van der Waals surface area contributed by atoms with Gasteiger partial charge < -0.3 is 29.5 Å². The highest BCUT2D eigenvalue weighted by Gasteiger charge is 2.23. The molecule has 0 aliphatic rings. The van der Waals surface area contributed by atoms with Crippen LogP contribution >= 0.6 is 0 Å². The van der Waals surface area contributed by atoms with Crippen LogP contribution in [0.2, 0.25) is 0 Å². The Labute approximate surface area is 176 Å². The average Bonchev–Trinajstić information content (AvgIpc) is 2.69. The van der Waals surface area contributed by atoms with Gasteiger partial charge in [-0.15, -0.1) is 0 Å². The van der Waals surface area contributed by atoms with E-state index >= 15 is 0 Å². The molecule has 0 saturated heterocycles. The lowest BCUT2D eigenvalue weighted by Crippen LogP contribution is -2.19. The molecule has 2 aromatic rings. The molecule has 0 radical (unpaired) electrons. The topological polar surface area (TPSA) is 127 Å². The summed E-state index contributed by atoms with van der Waals surface area (Å²) in [5, 5.41) is 30.5. The lowest BCUT2D eigenvalue weighted by atomic mass is 10.1. The Morgan fingerprint density at radius 2 is 1.17 bits per heavy atom. The summed E-state index contributed by atoms with van der Waals surface area (Å²) in [5.74, 6) is 0.943. The number of hydrogen-bond donors (Lipinski definition) is 3. The van der Waals surface area contributed by atoms with Crippen LogP contribution in [-0.4, -0.2) is 49.1 Å². The monoisotopic (exact) mass is 421 g/mol. The lowest BCUT2D eigenvalue weighted by Gasteiger charge is -2.22. The molecule has 166 valence electrons. The van der Waals surface area contributed by atoms with E-state index in [2.05, 4.69) is 15.0 Å². The summed E-state index contributed by atoms with van der Waals surface area (Å²) in [4.78, 5) is 12.2. The number of aromatic nitrogens is 3. The fourth-order valence-corrected chi connectivity index (χ4v) is 2.78. The molecule has 1 heterocycles. The van der Waals surface area contributed by atoms with Crippen LogP contribution in [0.5, 0.6) is 17.2 Å². The summed E-state index contributed by atoms with van der Waals surface area (Å²) in [6.07, 6.45) is 2.94. The van der Waals surface area contributed by atoms with E-state index in [1.165, 1.54) is 24.8 Å². The molecule has 3 unspecified atom stereocenters. The molecule has 0 fully saturated rings. The van der Waals surface area contributed by atoms with Gasteiger partial charge in [-0.25, -0.2) is 15.0 Å². The minimum Gasteiger partial charge on any atom is -0.465 e. The van der Waals surface area contributed by atoms with Crippen molar-refractivity contribution in [1.82, 2.24) is 15.0 Å². The predicted molar refractivity (Wildman–Crippen MR) is 110 cm³/mol. The van der Waals surface area contributed by atoms with Gasteiger partial charge in [0.15, 0.2) is 24.7 Å². The van der Waals surface area contributed by atoms with Crippen molar-refractivity contribution in [3.8, 4) is 28.6 Å². The Hall–Kier alpha value is -2.49. The van der Waals surface area contributed by atoms with Crippen LogP contribution in [0.1, 0.15) is 59.3 Å². The van der Waals surface area contributed by atoms with E-state index in [0.29, 0.717) is 37.7 Å². The molecule has 1 aromatic carbocycles. The van der Waals surface area contributed by atoms with Crippen molar-refractivity contribution in [2.45, 2.75) is 78.2 Å². The third-order valence-corrected chi connectivity index (χ3v) is 4.16. The maximum atomic E-state index is 10.2. The second kappa shape index (κ2) is 12.3. The highest BCUT2D eigenvalue weighted by atomic mass is 16.6. The first-order valence-electron chi connectivity index (χ1n) is 10.3. The maximum Gasteiger partial charge on any atom is 0.197 e. The molecule has 30 heavy (non-hydrogen) atoms. The van der Waals surface area contributed by atoms with Gasteiger partial charge in [0.2, 0.25) is 0 Å². The van der Waals surface area contributed by atoms with Crippen molar-refractivity contribution < 1.29 is 29.5 Å². The number of benzene rings is 1. The quantitative estimate of drug-likeness (QED) is 0.418. The Morgan fingerprint density at radius 1 is 0.733 bits per heavy atom. The zero-order chi connectivity index (χ0) is 21.9. The Morgan fingerprint density at radius 3 is 1.60 bits per heavy atom. The molecule has 3 N–H and O–H groups in total. The molecule has 0 saturated carbocycles. The predicted octanol–water partition coefficient (Wildman–Crippen LogP) is 3.03. The summed E-state index contributed by atoms with van der Waals surface area (Å²) < 4.78 is 17.1. The van der Waals surface area contributed by atoms with Gasteiger partial charge in [0.25, 0.3) is 0 Å². The minimum absolute atomic E-state index is 0.210. The second-order valence-electron chi connectivity index (χ2n) is 6.84. The first kappa shape index (κ1) is 23.8. The largest absolute Gasteiger partial charge is 0.465 e. The van der Waals surface area contributed by atoms with Crippen molar-refractivity contribution in [3.05, 3.63) is 24.8 Å². The van der Waals surface area contributed by atoms with Gasteiger partial charge in [-0.05, 0) is 0 Å². The van der Waals surface area contributed by atoms with Crippen molar-refractivity contribution in [1.29, 1.82) is 0 Å². The number of rotatable bonds is 13. The lowest BCUT2D eigenvalue weighted by molar-refractivity contribution is -0.0320. The fourth-order valence-electron chi connectivity index (χ4n) is 2.78. The summed E-state index contributed by atoms with van der Waals surface area (Å²) >= 11 is 0. The molecule has 0 bridgehead atoms. The number of aliphatic hydroxyl groups excluding tert-OH is 3. The van der Waals surface area contributed by atoms with Crippen molar-refractivity contribution >= 4 is 0 Å². The molecular formula is C21H31N3O6. The maximum absolute atomic E-state index is 10.2. The van der Waals surface area contributed by atoms with Gasteiger partial charge in [-0.3, -0.25) is 0 Å². The van der Waals surface area contributed by atoms with Crippen LogP contribution in [0.25, 0.3) is 11.4 Å². The van der Waals surface area contributed by atoms with Crippen LogP contribution in [-0.2, 0) is 0 Å². The summed E-state index contributed by atoms with van der Waals surface area (Å²) in [7, 11) is 0. The van der Waals surface area contributed by atoms with Gasteiger partial charge >= 0.3 is 0 Å². The molecular weight excluding hydrogens is 390 g/mol. The molecule has 0 aliphatic heterocycles. The molecule has 9 heteroatoms. The molecule has 9 nitrogen and oxygen atoms in total. The zero-order valence-corrected chi connectivity index (χ0v) is 17.7. The number of ether oxygens (including phenoxy) is 3. The van der Waals surface area contributed by atoms with Gasteiger partial charge in [-0.1, -0.05) is 40.0 Å². The molecule has 0 aliphatic carbocycles. The summed E-state index contributed by atoms with van der Waals surface area (Å²) in [6.45, 7) is 5.78. The Balaban J connectivity index is 2.54. The third-order valence-electron chi connectivity index (χ3n) is 4.16. The van der Waals surface area contributed by atoms with E-state index in [9.17, 15) is 15.3 Å². The van der Waals surface area contributed by atoms with Crippen LogP contribution in [0.3, 0.4) is 0 Å². The second-order valence-corrected chi connectivity index (χ2v) is 6.84. The molecule has 2 rings (SSSR count). The highest BCUT2D eigenvalue weighted by Crippen LogP contribution is 2.41. The van der Waals surface area contributed by atoms with Gasteiger partial charge in [0, 0.05) is 31.4 Å².